The van der Waals surface area contributed by atoms with Crippen molar-refractivity contribution in [3.05, 3.63) is 45.8 Å². The van der Waals surface area contributed by atoms with Gasteiger partial charge in [0.2, 0.25) is 11.1 Å². The molecular weight excluding hydrogens is 470 g/mol. The molecule has 0 aliphatic heterocycles. The van der Waals surface area contributed by atoms with Crippen molar-refractivity contribution in [2.24, 2.45) is 5.92 Å². The lowest BCUT2D eigenvalue weighted by Gasteiger charge is -2.20. The number of fused-ring (bicyclic) bond motifs is 1. The Morgan fingerprint density at radius 3 is 2.74 bits per heavy atom. The quantitative estimate of drug-likeness (QED) is 0.336. The number of aryl methyl sites for hydroxylation is 1. The van der Waals surface area contributed by atoms with E-state index in [4.69, 9.17) is 4.74 Å². The third-order valence-corrected chi connectivity index (χ3v) is 8.13. The Hall–Kier alpha value is -2.72. The van der Waals surface area contributed by atoms with E-state index in [9.17, 15) is 9.59 Å². The largest absolute Gasteiger partial charge is 0.462 e. The van der Waals surface area contributed by atoms with Gasteiger partial charge in [0.05, 0.1) is 23.6 Å². The third-order valence-electron chi connectivity index (χ3n) is 6.04. The lowest BCUT2D eigenvalue weighted by atomic mass is 9.85. The maximum absolute atomic E-state index is 12.8. The van der Waals surface area contributed by atoms with Crippen molar-refractivity contribution in [3.8, 4) is 5.69 Å². The Bertz CT molecular complexity index is 1160. The number of benzene rings is 1. The lowest BCUT2D eigenvalue weighted by molar-refractivity contribution is -0.113. The van der Waals surface area contributed by atoms with E-state index in [1.165, 1.54) is 33.5 Å². The minimum absolute atomic E-state index is 0.121. The summed E-state index contributed by atoms with van der Waals surface area (Å²) in [5.41, 5.74) is 3.63. The number of carbonyl (C=O) groups is 2. The number of thioether (sulfide) groups is 1. The summed E-state index contributed by atoms with van der Waals surface area (Å²) in [4.78, 5) is 26.8. The summed E-state index contributed by atoms with van der Waals surface area (Å²) in [6.07, 6.45) is 4.91. The monoisotopic (exact) mass is 499 g/mol. The van der Waals surface area contributed by atoms with Gasteiger partial charge in [-0.2, -0.15) is 4.68 Å². The topological polar surface area (TPSA) is 99.0 Å². The van der Waals surface area contributed by atoms with Crippen LogP contribution in [0.2, 0.25) is 0 Å². The summed E-state index contributed by atoms with van der Waals surface area (Å²) in [5.74, 6) is 0.163. The fourth-order valence-electron chi connectivity index (χ4n) is 4.11. The number of amides is 1. The number of aromatic nitrogens is 4. The Morgan fingerprint density at radius 2 is 2.03 bits per heavy atom. The van der Waals surface area contributed by atoms with Crippen LogP contribution < -0.4 is 5.32 Å². The van der Waals surface area contributed by atoms with Crippen LogP contribution in [0.3, 0.4) is 0 Å². The number of hydrogen-bond donors (Lipinski definition) is 1. The number of nitrogens with one attached hydrogen (secondary N) is 1. The second kappa shape index (κ2) is 11.1. The summed E-state index contributed by atoms with van der Waals surface area (Å²) in [7, 11) is 0. The SMILES string of the molecule is CCOC(=O)c1c(NC(=O)CSc2nnnn2-c2ccc(CC)cc2)sc2c1CC[C@H](CC)C2. The van der Waals surface area contributed by atoms with Crippen LogP contribution >= 0.6 is 23.1 Å². The number of ether oxygens (including phenoxy) is 1. The second-order valence-electron chi connectivity index (χ2n) is 8.18. The molecule has 0 fully saturated rings. The summed E-state index contributed by atoms with van der Waals surface area (Å²) in [5, 5.41) is 16.0. The summed E-state index contributed by atoms with van der Waals surface area (Å²) in [6.45, 7) is 6.39. The lowest BCUT2D eigenvalue weighted by Crippen LogP contribution is -2.18. The molecule has 1 aliphatic rings. The average Bonchev–Trinajstić information content (AvgIpc) is 3.46. The molecule has 3 aromatic rings. The highest BCUT2D eigenvalue weighted by molar-refractivity contribution is 7.99. The Kier molecular flexibility index (Phi) is 7.99. The van der Waals surface area contributed by atoms with Gasteiger partial charge in [-0.3, -0.25) is 4.79 Å². The molecule has 4 rings (SSSR count). The van der Waals surface area contributed by atoms with Gasteiger partial charge in [0.15, 0.2) is 0 Å². The minimum Gasteiger partial charge on any atom is -0.462 e. The Labute approximate surface area is 207 Å². The number of esters is 1. The summed E-state index contributed by atoms with van der Waals surface area (Å²) < 4.78 is 6.93. The maximum Gasteiger partial charge on any atom is 0.341 e. The first-order valence-electron chi connectivity index (χ1n) is 11.7. The van der Waals surface area contributed by atoms with E-state index >= 15 is 0 Å². The van der Waals surface area contributed by atoms with Crippen LogP contribution in [-0.4, -0.2) is 44.4 Å². The average molecular weight is 500 g/mol. The fraction of sp³-hybridized carbons (Fsp3) is 0.458. The molecule has 0 spiro atoms. The highest BCUT2D eigenvalue weighted by Gasteiger charge is 2.30. The van der Waals surface area contributed by atoms with Crippen molar-refractivity contribution in [1.82, 2.24) is 20.2 Å². The molecule has 34 heavy (non-hydrogen) atoms. The molecule has 1 N–H and O–H groups in total. The van der Waals surface area contributed by atoms with E-state index in [0.717, 1.165) is 43.4 Å². The van der Waals surface area contributed by atoms with E-state index in [-0.39, 0.29) is 17.6 Å². The maximum atomic E-state index is 12.8. The van der Waals surface area contributed by atoms with Crippen LogP contribution in [0, 0.1) is 5.92 Å². The van der Waals surface area contributed by atoms with E-state index in [2.05, 4.69) is 34.7 Å². The molecule has 0 saturated carbocycles. The van der Waals surface area contributed by atoms with E-state index in [1.54, 1.807) is 11.6 Å². The van der Waals surface area contributed by atoms with Gasteiger partial charge in [0.1, 0.15) is 5.00 Å². The molecule has 0 saturated heterocycles. The van der Waals surface area contributed by atoms with Crippen LogP contribution in [0.4, 0.5) is 5.00 Å². The molecule has 1 aromatic carbocycles. The van der Waals surface area contributed by atoms with Crippen LogP contribution in [0.15, 0.2) is 29.4 Å². The van der Waals surface area contributed by atoms with Crippen molar-refractivity contribution in [2.75, 3.05) is 17.7 Å². The molecule has 0 bridgehead atoms. The Morgan fingerprint density at radius 1 is 1.24 bits per heavy atom. The van der Waals surface area contributed by atoms with Crippen LogP contribution in [0.1, 0.15) is 60.0 Å². The molecule has 8 nitrogen and oxygen atoms in total. The van der Waals surface area contributed by atoms with Crippen LogP contribution in [0.25, 0.3) is 5.69 Å². The van der Waals surface area contributed by atoms with Crippen molar-refractivity contribution in [2.45, 2.75) is 58.0 Å². The molecule has 0 radical (unpaired) electrons. The summed E-state index contributed by atoms with van der Waals surface area (Å²) >= 11 is 2.76. The van der Waals surface area contributed by atoms with E-state index in [0.29, 0.717) is 28.2 Å². The highest BCUT2D eigenvalue weighted by atomic mass is 32.2. The number of carbonyl (C=O) groups excluding carboxylic acids is 2. The van der Waals surface area contributed by atoms with Crippen LogP contribution in [-0.2, 0) is 28.8 Å². The molecule has 180 valence electrons. The van der Waals surface area contributed by atoms with Gasteiger partial charge in [-0.05, 0) is 72.2 Å². The van der Waals surface area contributed by atoms with E-state index < -0.39 is 0 Å². The van der Waals surface area contributed by atoms with Crippen molar-refractivity contribution < 1.29 is 14.3 Å². The molecule has 10 heteroatoms. The van der Waals surface area contributed by atoms with Gasteiger partial charge in [-0.25, -0.2) is 4.79 Å². The molecular formula is C24H29N5O3S2. The van der Waals surface area contributed by atoms with Gasteiger partial charge in [0.25, 0.3) is 0 Å². The van der Waals surface area contributed by atoms with Gasteiger partial charge < -0.3 is 10.1 Å². The first-order chi connectivity index (χ1) is 16.5. The number of hydrogen-bond acceptors (Lipinski definition) is 8. The van der Waals surface area contributed by atoms with Crippen molar-refractivity contribution in [1.29, 1.82) is 0 Å². The first kappa shape index (κ1) is 24.4. The predicted octanol–water partition coefficient (Wildman–Crippen LogP) is 4.71. The third kappa shape index (κ3) is 5.33. The van der Waals surface area contributed by atoms with Gasteiger partial charge >= 0.3 is 5.97 Å². The van der Waals surface area contributed by atoms with E-state index in [1.807, 2.05) is 24.3 Å². The zero-order valence-electron chi connectivity index (χ0n) is 19.7. The van der Waals surface area contributed by atoms with Gasteiger partial charge in [-0.15, -0.1) is 16.4 Å². The Balaban J connectivity index is 1.47. The second-order valence-corrected chi connectivity index (χ2v) is 10.2. The zero-order chi connectivity index (χ0) is 24.1. The summed E-state index contributed by atoms with van der Waals surface area (Å²) in [6, 6.07) is 8.00. The van der Waals surface area contributed by atoms with Crippen LogP contribution in [0.5, 0.6) is 0 Å². The number of thiophene rings is 1. The first-order valence-corrected chi connectivity index (χ1v) is 13.5. The predicted molar refractivity (Wildman–Crippen MR) is 134 cm³/mol. The van der Waals surface area contributed by atoms with Gasteiger partial charge in [-0.1, -0.05) is 44.2 Å². The van der Waals surface area contributed by atoms with Crippen molar-refractivity contribution in [3.63, 3.8) is 0 Å². The number of tetrazole rings is 1. The fourth-order valence-corrected chi connectivity index (χ4v) is 6.16. The molecule has 1 amide bonds. The molecule has 2 aromatic heterocycles. The molecule has 2 heterocycles. The number of nitrogens with zero attached hydrogens (tertiary/aromatic N) is 4. The zero-order valence-corrected chi connectivity index (χ0v) is 21.3. The van der Waals surface area contributed by atoms with Gasteiger partial charge in [0, 0.05) is 4.88 Å². The smallest absolute Gasteiger partial charge is 0.341 e. The standard InChI is InChI=1S/C24H29N5O3S2/c1-4-15-7-10-17(11-8-15)29-24(26-27-28-29)33-14-20(30)25-22-21(23(31)32-6-3)18-12-9-16(5-2)13-19(18)34-22/h7-8,10-11,16H,4-6,9,12-14H2,1-3H3,(H,25,30)/t16-/m0/s1. The molecule has 0 unspecified atom stereocenters. The molecule has 1 aliphatic carbocycles. The highest BCUT2D eigenvalue weighted by Crippen LogP contribution is 2.41. The minimum atomic E-state index is -0.364. The number of rotatable bonds is 9. The van der Waals surface area contributed by atoms with Crippen molar-refractivity contribution >= 4 is 40.0 Å². The normalized spacial score (nSPS) is 15.1. The molecule has 1 atom stereocenters. The number of anilines is 1.